The number of ether oxygens (including phenoxy) is 2. The van der Waals surface area contributed by atoms with Crippen molar-refractivity contribution in [1.29, 1.82) is 0 Å². The average Bonchev–Trinajstić information content (AvgIpc) is 3.44. The highest BCUT2D eigenvalue weighted by Gasteiger charge is 2.64. The van der Waals surface area contributed by atoms with Crippen LogP contribution in [0.5, 0.6) is 0 Å². The number of amides is 1. The van der Waals surface area contributed by atoms with E-state index in [-0.39, 0.29) is 41.0 Å². The molecule has 198 valence electrons. The summed E-state index contributed by atoms with van der Waals surface area (Å²) in [7, 11) is 0. The van der Waals surface area contributed by atoms with Gasteiger partial charge in [-0.3, -0.25) is 9.59 Å². The lowest BCUT2D eigenvalue weighted by Crippen LogP contribution is -2.50. The third-order valence-electron chi connectivity index (χ3n) is 11.7. The molecule has 0 aromatic rings. The van der Waals surface area contributed by atoms with Gasteiger partial charge in [0.25, 0.3) is 0 Å². The Balaban J connectivity index is 1.25. The third kappa shape index (κ3) is 3.46. The Kier molecular flexibility index (Phi) is 5.70. The van der Waals surface area contributed by atoms with Gasteiger partial charge in [0.15, 0.2) is 0 Å². The van der Waals surface area contributed by atoms with Gasteiger partial charge in [-0.05, 0) is 91.9 Å². The molecule has 1 amide bonds. The van der Waals surface area contributed by atoms with Gasteiger partial charge >= 0.3 is 5.97 Å². The van der Waals surface area contributed by atoms with E-state index < -0.39 is 0 Å². The van der Waals surface area contributed by atoms with Gasteiger partial charge in [0.05, 0.1) is 6.04 Å². The molecule has 0 N–H and O–H groups in total. The molecule has 6 rings (SSSR count). The number of fused-ring (bicyclic) bond motifs is 7. The van der Waals surface area contributed by atoms with E-state index in [2.05, 4.69) is 38.7 Å². The van der Waals surface area contributed by atoms with E-state index in [1.807, 2.05) is 0 Å². The molecular weight excluding hydrogens is 450 g/mol. The Labute approximate surface area is 217 Å². The van der Waals surface area contributed by atoms with Crippen LogP contribution in [-0.4, -0.2) is 41.6 Å². The lowest BCUT2D eigenvalue weighted by Gasteiger charge is -2.58. The van der Waals surface area contributed by atoms with Gasteiger partial charge in [0.1, 0.15) is 18.0 Å². The van der Waals surface area contributed by atoms with Crippen molar-refractivity contribution in [2.45, 2.75) is 111 Å². The molecule has 10 unspecified atom stereocenters. The predicted molar refractivity (Wildman–Crippen MR) is 139 cm³/mol. The van der Waals surface area contributed by atoms with E-state index in [0.717, 1.165) is 56.7 Å². The van der Waals surface area contributed by atoms with Crippen LogP contribution in [0, 0.1) is 40.4 Å². The highest BCUT2D eigenvalue weighted by atomic mass is 16.5. The SMILES string of the molecule is CC(=O)OC1CCC2(C)C(=CCC3C2CCC2(C)C3CC3OC(C4CC(C)CN4C(C)=O)=C(C)C32)C1. The lowest BCUT2D eigenvalue weighted by molar-refractivity contribution is -0.148. The molecule has 5 nitrogen and oxygen atoms in total. The van der Waals surface area contributed by atoms with Gasteiger partial charge in [0.2, 0.25) is 5.91 Å². The zero-order chi connectivity index (χ0) is 25.6. The summed E-state index contributed by atoms with van der Waals surface area (Å²) >= 11 is 0. The van der Waals surface area contributed by atoms with Crippen molar-refractivity contribution >= 4 is 11.9 Å². The molecule has 0 aromatic heterocycles. The van der Waals surface area contributed by atoms with Crippen LogP contribution in [0.25, 0.3) is 0 Å². The Bertz CT molecular complexity index is 1030. The minimum absolute atomic E-state index is 0.0607. The van der Waals surface area contributed by atoms with Crippen LogP contribution in [0.15, 0.2) is 23.0 Å². The van der Waals surface area contributed by atoms with Crippen LogP contribution in [0.1, 0.15) is 92.9 Å². The number of carbonyl (C=O) groups is 2. The van der Waals surface area contributed by atoms with Crippen molar-refractivity contribution < 1.29 is 19.1 Å². The zero-order valence-electron chi connectivity index (χ0n) is 23.1. The predicted octanol–water partition coefficient (Wildman–Crippen LogP) is 6.04. The summed E-state index contributed by atoms with van der Waals surface area (Å²) in [5.41, 5.74) is 3.52. The summed E-state index contributed by atoms with van der Waals surface area (Å²) in [5, 5.41) is 0. The molecule has 3 saturated carbocycles. The average molecular weight is 496 g/mol. The minimum Gasteiger partial charge on any atom is -0.492 e. The van der Waals surface area contributed by atoms with Crippen molar-refractivity contribution in [2.24, 2.45) is 40.4 Å². The number of likely N-dealkylation sites (tertiary alicyclic amines) is 1. The summed E-state index contributed by atoms with van der Waals surface area (Å²) in [6.07, 6.45) is 11.8. The van der Waals surface area contributed by atoms with Crippen molar-refractivity contribution in [3.8, 4) is 0 Å². The number of hydrogen-bond acceptors (Lipinski definition) is 4. The number of rotatable bonds is 2. The standard InChI is InChI=1S/C31H45NO4/c1-17-13-26(32(16-17)19(3)33)29-18(2)28-27(36-29)15-25-23-8-7-21-14-22(35-20(4)34)9-11-30(21,5)24(23)10-12-31(25,28)6/h7,17,22-28H,8-16H2,1-6H3. The van der Waals surface area contributed by atoms with E-state index in [4.69, 9.17) is 9.47 Å². The fraction of sp³-hybridized carbons (Fsp3) is 0.806. The molecular formula is C31H45NO4. The fourth-order valence-electron chi connectivity index (χ4n) is 10.2. The second-order valence-corrected chi connectivity index (χ2v) is 13.7. The largest absolute Gasteiger partial charge is 0.492 e. The van der Waals surface area contributed by atoms with Crippen LogP contribution in [0.4, 0.5) is 0 Å². The summed E-state index contributed by atoms with van der Waals surface area (Å²) in [4.78, 5) is 26.0. The molecule has 0 spiro atoms. The molecule has 2 heterocycles. The van der Waals surface area contributed by atoms with Gasteiger partial charge in [0, 0.05) is 32.7 Å². The number of esters is 1. The monoisotopic (exact) mass is 495 g/mol. The molecule has 6 aliphatic rings. The maximum Gasteiger partial charge on any atom is 0.302 e. The molecule has 2 aliphatic heterocycles. The summed E-state index contributed by atoms with van der Waals surface area (Å²) in [6, 6.07) is 0.132. The summed E-state index contributed by atoms with van der Waals surface area (Å²) < 4.78 is 12.5. The third-order valence-corrected chi connectivity index (χ3v) is 11.7. The number of allylic oxidation sites excluding steroid dienone is 1. The van der Waals surface area contributed by atoms with Crippen molar-refractivity contribution in [1.82, 2.24) is 4.90 Å². The molecule has 0 radical (unpaired) electrons. The highest BCUT2D eigenvalue weighted by Crippen LogP contribution is 2.69. The fourth-order valence-corrected chi connectivity index (χ4v) is 10.2. The van der Waals surface area contributed by atoms with Gasteiger partial charge in [-0.1, -0.05) is 32.4 Å². The van der Waals surface area contributed by atoms with Gasteiger partial charge in [-0.2, -0.15) is 0 Å². The smallest absolute Gasteiger partial charge is 0.302 e. The first-order chi connectivity index (χ1) is 17.0. The van der Waals surface area contributed by atoms with E-state index in [9.17, 15) is 9.59 Å². The maximum absolute atomic E-state index is 12.4. The van der Waals surface area contributed by atoms with Crippen molar-refractivity contribution in [2.75, 3.05) is 6.54 Å². The van der Waals surface area contributed by atoms with Crippen molar-refractivity contribution in [3.05, 3.63) is 23.0 Å². The van der Waals surface area contributed by atoms with Gasteiger partial charge in [-0.15, -0.1) is 0 Å². The first-order valence-electron chi connectivity index (χ1n) is 14.5. The summed E-state index contributed by atoms with van der Waals surface area (Å²) in [6.45, 7) is 13.7. The highest BCUT2D eigenvalue weighted by molar-refractivity contribution is 5.74. The second kappa shape index (κ2) is 8.36. The molecule has 1 saturated heterocycles. The molecule has 4 fully saturated rings. The lowest BCUT2D eigenvalue weighted by atomic mass is 9.47. The van der Waals surface area contributed by atoms with Crippen LogP contribution in [-0.2, 0) is 19.1 Å². The van der Waals surface area contributed by atoms with E-state index in [1.165, 1.54) is 25.3 Å². The van der Waals surface area contributed by atoms with Crippen molar-refractivity contribution in [3.63, 3.8) is 0 Å². The Morgan fingerprint density at radius 1 is 1.11 bits per heavy atom. The molecule has 5 heteroatoms. The quantitative estimate of drug-likeness (QED) is 0.346. The molecule has 36 heavy (non-hydrogen) atoms. The number of hydrogen-bond donors (Lipinski definition) is 0. The Hall–Kier alpha value is -1.78. The molecule has 10 atom stereocenters. The molecule has 4 aliphatic carbocycles. The number of nitrogens with zero attached hydrogens (tertiary/aromatic N) is 1. The molecule has 0 bridgehead atoms. The summed E-state index contributed by atoms with van der Waals surface area (Å²) in [5.74, 6) is 4.31. The minimum atomic E-state index is -0.148. The van der Waals surface area contributed by atoms with Gasteiger partial charge < -0.3 is 14.4 Å². The van der Waals surface area contributed by atoms with Crippen LogP contribution >= 0.6 is 0 Å². The Morgan fingerprint density at radius 2 is 1.89 bits per heavy atom. The van der Waals surface area contributed by atoms with E-state index in [1.54, 1.807) is 12.5 Å². The van der Waals surface area contributed by atoms with Gasteiger partial charge in [-0.25, -0.2) is 0 Å². The second-order valence-electron chi connectivity index (χ2n) is 13.7. The molecule has 0 aromatic carbocycles. The van der Waals surface area contributed by atoms with Crippen LogP contribution in [0.3, 0.4) is 0 Å². The van der Waals surface area contributed by atoms with E-state index in [0.29, 0.717) is 23.7 Å². The van der Waals surface area contributed by atoms with Crippen LogP contribution < -0.4 is 0 Å². The normalized spacial score (nSPS) is 47.4. The first kappa shape index (κ1) is 24.6. The Morgan fingerprint density at radius 3 is 2.61 bits per heavy atom. The van der Waals surface area contributed by atoms with E-state index >= 15 is 0 Å². The van der Waals surface area contributed by atoms with Crippen LogP contribution in [0.2, 0.25) is 0 Å². The maximum atomic E-state index is 12.4. The zero-order valence-corrected chi connectivity index (χ0v) is 23.1. The number of carbonyl (C=O) groups excluding carboxylic acids is 2. The topological polar surface area (TPSA) is 55.8 Å². The first-order valence-corrected chi connectivity index (χ1v) is 14.5.